The van der Waals surface area contributed by atoms with Crippen LogP contribution in [0, 0.1) is 29.6 Å². The molecule has 2 rings (SSSR count). The molecule has 0 amide bonds. The second kappa shape index (κ2) is 8.15. The van der Waals surface area contributed by atoms with Crippen LogP contribution in [0.4, 0.5) is 0 Å². The molecule has 0 spiro atoms. The Labute approximate surface area is 139 Å². The molecule has 0 aliphatic heterocycles. The minimum absolute atomic E-state index is 0.112. The van der Waals surface area contributed by atoms with Gasteiger partial charge in [-0.15, -0.1) is 0 Å². The van der Waals surface area contributed by atoms with Crippen molar-refractivity contribution >= 4 is 15.9 Å². The zero-order valence-corrected chi connectivity index (χ0v) is 15.6. The number of allylic oxidation sites excluding steroid dienone is 2. The average Bonchev–Trinajstić information content (AvgIpc) is 2.47. The summed E-state index contributed by atoms with van der Waals surface area (Å²) in [6, 6.07) is 0. The molecule has 122 valence electrons. The Morgan fingerprint density at radius 2 is 2.05 bits per heavy atom. The molecule has 0 bridgehead atoms. The Hall–Kier alpha value is 0.180. The number of fused-ring (bicyclic) bond motifs is 1. The summed E-state index contributed by atoms with van der Waals surface area (Å²) in [5.74, 6) is 3.60. The van der Waals surface area contributed by atoms with Crippen molar-refractivity contribution in [3.05, 3.63) is 11.6 Å². The highest BCUT2D eigenvalue weighted by molar-refractivity contribution is 9.09. The van der Waals surface area contributed by atoms with Crippen molar-refractivity contribution in [1.29, 1.82) is 0 Å². The minimum Gasteiger partial charge on any atom is -0.393 e. The number of hydrogen-bond acceptors (Lipinski definition) is 1. The topological polar surface area (TPSA) is 20.2 Å². The van der Waals surface area contributed by atoms with Crippen LogP contribution in [0.2, 0.25) is 0 Å². The second-order valence-electron chi connectivity index (χ2n) is 7.62. The van der Waals surface area contributed by atoms with Gasteiger partial charge in [0.25, 0.3) is 0 Å². The van der Waals surface area contributed by atoms with E-state index in [1.807, 2.05) is 0 Å². The van der Waals surface area contributed by atoms with E-state index >= 15 is 0 Å². The summed E-state index contributed by atoms with van der Waals surface area (Å²) in [6.45, 7) is 7.04. The first-order valence-corrected chi connectivity index (χ1v) is 10.1. The van der Waals surface area contributed by atoms with Gasteiger partial charge in [0.1, 0.15) is 0 Å². The molecule has 0 unspecified atom stereocenters. The third-order valence-corrected chi connectivity index (χ3v) is 6.75. The molecule has 6 atom stereocenters. The number of aliphatic hydroxyl groups excluding tert-OH is 1. The molecule has 1 saturated carbocycles. The van der Waals surface area contributed by atoms with E-state index in [9.17, 15) is 5.11 Å². The molecule has 1 fully saturated rings. The smallest absolute Gasteiger partial charge is 0.0568 e. The predicted octanol–water partition coefficient (Wildman–Crippen LogP) is 5.57. The van der Waals surface area contributed by atoms with E-state index in [1.165, 1.54) is 32.1 Å². The van der Waals surface area contributed by atoms with Gasteiger partial charge in [0.2, 0.25) is 0 Å². The summed E-state index contributed by atoms with van der Waals surface area (Å²) in [5.41, 5.74) is 1.58. The lowest BCUT2D eigenvalue weighted by atomic mass is 9.59. The molecule has 0 heterocycles. The van der Waals surface area contributed by atoms with Crippen LogP contribution in [0.25, 0.3) is 0 Å². The SMILES string of the molecule is CC1=C[C@H]2[C@@H](CC1)[C@H](C)CC[C@H]2[C@@H](C)[C@H](O)CCCCBr. The van der Waals surface area contributed by atoms with Gasteiger partial charge >= 0.3 is 0 Å². The second-order valence-corrected chi connectivity index (χ2v) is 8.42. The summed E-state index contributed by atoms with van der Waals surface area (Å²) in [5, 5.41) is 11.6. The molecular weight excluding hydrogens is 324 g/mol. The first-order chi connectivity index (χ1) is 10.0. The van der Waals surface area contributed by atoms with Gasteiger partial charge in [-0.1, -0.05) is 54.3 Å². The van der Waals surface area contributed by atoms with Crippen molar-refractivity contribution in [2.45, 2.75) is 71.8 Å². The van der Waals surface area contributed by atoms with E-state index in [0.717, 1.165) is 35.9 Å². The van der Waals surface area contributed by atoms with E-state index in [4.69, 9.17) is 0 Å². The number of alkyl halides is 1. The Kier molecular flexibility index (Phi) is 6.80. The molecule has 0 aromatic carbocycles. The largest absolute Gasteiger partial charge is 0.393 e. The maximum absolute atomic E-state index is 10.6. The highest BCUT2D eigenvalue weighted by atomic mass is 79.9. The minimum atomic E-state index is -0.112. The lowest BCUT2D eigenvalue weighted by Crippen LogP contribution is -2.40. The van der Waals surface area contributed by atoms with E-state index in [-0.39, 0.29) is 6.10 Å². The average molecular weight is 357 g/mol. The van der Waals surface area contributed by atoms with E-state index in [0.29, 0.717) is 11.8 Å². The lowest BCUT2D eigenvalue weighted by Gasteiger charge is -2.46. The molecule has 0 aromatic rings. The summed E-state index contributed by atoms with van der Waals surface area (Å²) >= 11 is 3.48. The number of hydrogen-bond donors (Lipinski definition) is 1. The van der Waals surface area contributed by atoms with Crippen LogP contribution >= 0.6 is 15.9 Å². The summed E-state index contributed by atoms with van der Waals surface area (Å²) < 4.78 is 0. The number of aliphatic hydroxyl groups is 1. The van der Waals surface area contributed by atoms with Crippen molar-refractivity contribution in [3.8, 4) is 0 Å². The molecule has 2 aliphatic carbocycles. The maximum atomic E-state index is 10.6. The quantitative estimate of drug-likeness (QED) is 0.374. The van der Waals surface area contributed by atoms with E-state index in [1.54, 1.807) is 5.57 Å². The molecule has 1 N–H and O–H groups in total. The monoisotopic (exact) mass is 356 g/mol. The first kappa shape index (κ1) is 17.5. The van der Waals surface area contributed by atoms with Crippen molar-refractivity contribution in [2.75, 3.05) is 5.33 Å². The van der Waals surface area contributed by atoms with Crippen molar-refractivity contribution in [2.24, 2.45) is 29.6 Å². The van der Waals surface area contributed by atoms with Crippen LogP contribution in [-0.2, 0) is 0 Å². The Bertz CT molecular complexity index is 351. The Morgan fingerprint density at radius 3 is 2.76 bits per heavy atom. The number of unbranched alkanes of at least 4 members (excludes halogenated alkanes) is 1. The van der Waals surface area contributed by atoms with Crippen LogP contribution in [0.5, 0.6) is 0 Å². The summed E-state index contributed by atoms with van der Waals surface area (Å²) in [7, 11) is 0. The van der Waals surface area contributed by atoms with Gasteiger partial charge < -0.3 is 5.11 Å². The van der Waals surface area contributed by atoms with Crippen molar-refractivity contribution < 1.29 is 5.11 Å². The fraction of sp³-hybridized carbons (Fsp3) is 0.895. The molecule has 0 aromatic heterocycles. The van der Waals surface area contributed by atoms with Crippen LogP contribution in [-0.4, -0.2) is 16.5 Å². The molecule has 21 heavy (non-hydrogen) atoms. The van der Waals surface area contributed by atoms with Gasteiger partial charge in [-0.25, -0.2) is 0 Å². The highest BCUT2D eigenvalue weighted by Crippen LogP contribution is 2.48. The fourth-order valence-electron chi connectivity index (χ4n) is 4.70. The summed E-state index contributed by atoms with van der Waals surface area (Å²) in [6.07, 6.45) is 11.1. The normalized spacial score (nSPS) is 35.8. The molecule has 0 radical (unpaired) electrons. The molecular formula is C19H33BrO. The molecule has 2 aliphatic rings. The third kappa shape index (κ3) is 4.34. The standard InChI is InChI=1S/C19H33BrO/c1-13-7-9-16-14(2)8-10-17(18(16)12-13)15(3)19(21)6-4-5-11-20/h12,14-19,21H,4-11H2,1-3H3/t14-,15-,16+,17+,18+,19-/m1/s1. The molecule has 2 heteroatoms. The summed E-state index contributed by atoms with van der Waals surface area (Å²) in [4.78, 5) is 0. The van der Waals surface area contributed by atoms with Crippen LogP contribution in [0.15, 0.2) is 11.6 Å². The van der Waals surface area contributed by atoms with Gasteiger partial charge in [0, 0.05) is 5.33 Å². The van der Waals surface area contributed by atoms with Crippen molar-refractivity contribution in [3.63, 3.8) is 0 Å². The number of halogens is 1. The number of rotatable bonds is 6. The van der Waals surface area contributed by atoms with Crippen molar-refractivity contribution in [1.82, 2.24) is 0 Å². The van der Waals surface area contributed by atoms with Gasteiger partial charge in [-0.3, -0.25) is 0 Å². The van der Waals surface area contributed by atoms with E-state index in [2.05, 4.69) is 42.8 Å². The van der Waals surface area contributed by atoms with Crippen LogP contribution in [0.1, 0.15) is 65.7 Å². The van der Waals surface area contributed by atoms with E-state index < -0.39 is 0 Å². The predicted molar refractivity (Wildman–Crippen MR) is 94.7 cm³/mol. The highest BCUT2D eigenvalue weighted by Gasteiger charge is 2.41. The van der Waals surface area contributed by atoms with Crippen LogP contribution < -0.4 is 0 Å². The molecule has 0 saturated heterocycles. The zero-order valence-electron chi connectivity index (χ0n) is 14.0. The first-order valence-electron chi connectivity index (χ1n) is 8.96. The fourth-order valence-corrected chi connectivity index (χ4v) is 5.10. The van der Waals surface area contributed by atoms with Gasteiger partial charge in [-0.05, 0) is 68.6 Å². The zero-order chi connectivity index (χ0) is 15.4. The van der Waals surface area contributed by atoms with Crippen LogP contribution in [0.3, 0.4) is 0 Å². The van der Waals surface area contributed by atoms with Gasteiger partial charge in [0.05, 0.1) is 6.10 Å². The maximum Gasteiger partial charge on any atom is 0.0568 e. The molecule has 1 nitrogen and oxygen atoms in total. The Balaban J connectivity index is 2.01. The van der Waals surface area contributed by atoms with Gasteiger partial charge in [-0.2, -0.15) is 0 Å². The third-order valence-electron chi connectivity index (χ3n) is 6.19. The Morgan fingerprint density at radius 1 is 1.29 bits per heavy atom. The van der Waals surface area contributed by atoms with Gasteiger partial charge in [0.15, 0.2) is 0 Å². The lowest BCUT2D eigenvalue weighted by molar-refractivity contribution is 0.0121.